The summed E-state index contributed by atoms with van der Waals surface area (Å²) in [5.74, 6) is 10.0. The second-order valence-corrected chi connectivity index (χ2v) is 11.7. The first-order valence-corrected chi connectivity index (χ1v) is 12.7. The average Bonchev–Trinajstić information content (AvgIpc) is 3.29. The van der Waals surface area contributed by atoms with Crippen molar-refractivity contribution in [3.05, 3.63) is 0 Å². The van der Waals surface area contributed by atoms with Crippen LogP contribution in [0.3, 0.4) is 0 Å². The molecule has 3 rings (SSSR count). The molecule has 0 spiro atoms. The van der Waals surface area contributed by atoms with Crippen molar-refractivity contribution in [3.8, 4) is 0 Å². The third kappa shape index (κ3) is 6.24. The van der Waals surface area contributed by atoms with E-state index in [-0.39, 0.29) is 0 Å². The fourth-order valence-electron chi connectivity index (χ4n) is 6.75. The van der Waals surface area contributed by atoms with Gasteiger partial charge in [-0.05, 0) is 97.7 Å². The van der Waals surface area contributed by atoms with Crippen molar-refractivity contribution in [1.82, 2.24) is 0 Å². The molecule has 27 heavy (non-hydrogen) atoms. The highest BCUT2D eigenvalue weighted by Gasteiger charge is 2.41. The molecule has 0 bridgehead atoms. The van der Waals surface area contributed by atoms with Crippen LogP contribution in [0, 0.1) is 59.2 Å². The van der Waals surface area contributed by atoms with Crippen molar-refractivity contribution >= 4 is 0 Å². The van der Waals surface area contributed by atoms with E-state index in [2.05, 4.69) is 55.4 Å². The quantitative estimate of drug-likeness (QED) is 0.449. The first-order valence-electron chi connectivity index (χ1n) is 12.7. The fraction of sp³-hybridized carbons (Fsp3) is 1.00. The largest absolute Gasteiger partial charge is 0.0651 e. The van der Waals surface area contributed by atoms with E-state index >= 15 is 0 Å². The highest BCUT2D eigenvalue weighted by atomic mass is 14.5. The van der Waals surface area contributed by atoms with E-state index in [1.165, 1.54) is 44.9 Å². The molecular formula is C27H52. The third-order valence-electron chi connectivity index (χ3n) is 9.15. The number of hydrogen-bond donors (Lipinski definition) is 0. The van der Waals surface area contributed by atoms with Gasteiger partial charge in [-0.1, -0.05) is 74.7 Å². The van der Waals surface area contributed by atoms with Crippen molar-refractivity contribution in [2.24, 2.45) is 59.2 Å². The molecule has 0 amide bonds. The van der Waals surface area contributed by atoms with E-state index in [0.717, 1.165) is 59.2 Å². The van der Waals surface area contributed by atoms with Crippen LogP contribution in [0.25, 0.3) is 0 Å². The van der Waals surface area contributed by atoms with Crippen molar-refractivity contribution in [1.29, 1.82) is 0 Å². The molecule has 3 aliphatic carbocycles. The molecule has 0 saturated heterocycles. The van der Waals surface area contributed by atoms with E-state index in [4.69, 9.17) is 0 Å². The van der Waals surface area contributed by atoms with E-state index in [1.807, 2.05) is 0 Å². The summed E-state index contributed by atoms with van der Waals surface area (Å²) in [6, 6.07) is 0. The van der Waals surface area contributed by atoms with Gasteiger partial charge in [0.05, 0.1) is 0 Å². The maximum absolute atomic E-state index is 2.45. The Bertz CT molecular complexity index is 406. The summed E-state index contributed by atoms with van der Waals surface area (Å²) in [5, 5.41) is 0. The van der Waals surface area contributed by atoms with Crippen LogP contribution in [0.2, 0.25) is 0 Å². The Kier molecular flexibility index (Phi) is 9.21. The standard InChI is InChI=1S/C15H28.C12H24/c1-10(2)13-8-12-6-5-7-14(12)15(9-13)11(3)4;1-5-10(4)12-7-6-11(8-12)9(2)3/h10-15H,5-9H2,1-4H3;9-12H,5-8H2,1-4H3. The molecule has 3 aliphatic rings. The minimum Gasteiger partial charge on any atom is -0.0651 e. The van der Waals surface area contributed by atoms with E-state index < -0.39 is 0 Å². The zero-order chi connectivity index (χ0) is 20.1. The molecule has 0 aromatic rings. The molecule has 3 fully saturated rings. The Balaban J connectivity index is 0.000000199. The van der Waals surface area contributed by atoms with E-state index in [9.17, 15) is 0 Å². The summed E-state index contributed by atoms with van der Waals surface area (Å²) in [5.41, 5.74) is 0. The van der Waals surface area contributed by atoms with Crippen LogP contribution < -0.4 is 0 Å². The zero-order valence-electron chi connectivity index (χ0n) is 20.1. The molecule has 160 valence electrons. The molecule has 0 nitrogen and oxygen atoms in total. The summed E-state index contributed by atoms with van der Waals surface area (Å²) in [4.78, 5) is 0. The molecule has 7 atom stereocenters. The molecule has 0 heterocycles. The number of rotatable bonds is 5. The fourth-order valence-corrected chi connectivity index (χ4v) is 6.75. The van der Waals surface area contributed by atoms with Crippen LogP contribution in [0.1, 0.15) is 113 Å². The Morgan fingerprint density at radius 2 is 1.26 bits per heavy atom. The predicted molar refractivity (Wildman–Crippen MR) is 122 cm³/mol. The number of fused-ring (bicyclic) bond motifs is 1. The van der Waals surface area contributed by atoms with Gasteiger partial charge < -0.3 is 0 Å². The van der Waals surface area contributed by atoms with Gasteiger partial charge in [0.1, 0.15) is 0 Å². The number of hydrogen-bond acceptors (Lipinski definition) is 0. The highest BCUT2D eigenvalue weighted by molar-refractivity contribution is 4.91. The van der Waals surface area contributed by atoms with Gasteiger partial charge in [-0.3, -0.25) is 0 Å². The van der Waals surface area contributed by atoms with Gasteiger partial charge in [-0.2, -0.15) is 0 Å². The maximum Gasteiger partial charge on any atom is -0.0355 e. The van der Waals surface area contributed by atoms with Crippen molar-refractivity contribution in [2.75, 3.05) is 0 Å². The van der Waals surface area contributed by atoms with Crippen LogP contribution in [0.15, 0.2) is 0 Å². The van der Waals surface area contributed by atoms with Gasteiger partial charge >= 0.3 is 0 Å². The molecule has 0 heteroatoms. The molecular weight excluding hydrogens is 324 g/mol. The molecule has 7 unspecified atom stereocenters. The van der Waals surface area contributed by atoms with Crippen LogP contribution in [0.5, 0.6) is 0 Å². The minimum absolute atomic E-state index is 0.910. The van der Waals surface area contributed by atoms with E-state index in [1.54, 1.807) is 12.8 Å². The van der Waals surface area contributed by atoms with Gasteiger partial charge in [0.25, 0.3) is 0 Å². The van der Waals surface area contributed by atoms with Crippen LogP contribution >= 0.6 is 0 Å². The van der Waals surface area contributed by atoms with Crippen molar-refractivity contribution in [3.63, 3.8) is 0 Å². The van der Waals surface area contributed by atoms with Crippen molar-refractivity contribution < 1.29 is 0 Å². The summed E-state index contributed by atoms with van der Waals surface area (Å²) >= 11 is 0. The lowest BCUT2D eigenvalue weighted by atomic mass is 9.63. The van der Waals surface area contributed by atoms with Crippen LogP contribution in [-0.4, -0.2) is 0 Å². The molecule has 0 radical (unpaired) electrons. The lowest BCUT2D eigenvalue weighted by Crippen LogP contribution is -2.34. The summed E-state index contributed by atoms with van der Waals surface area (Å²) in [6.07, 6.45) is 13.5. The second kappa shape index (κ2) is 10.7. The first-order chi connectivity index (χ1) is 12.7. The molecule has 0 aromatic heterocycles. The Morgan fingerprint density at radius 3 is 1.78 bits per heavy atom. The van der Waals surface area contributed by atoms with Gasteiger partial charge in [0.2, 0.25) is 0 Å². The molecule has 0 aliphatic heterocycles. The van der Waals surface area contributed by atoms with Gasteiger partial charge in [-0.25, -0.2) is 0 Å². The topological polar surface area (TPSA) is 0 Å². The average molecular weight is 377 g/mol. The third-order valence-corrected chi connectivity index (χ3v) is 9.15. The normalized spacial score (nSPS) is 37.4. The first kappa shape index (κ1) is 23.3. The Hall–Kier alpha value is 0. The second-order valence-electron chi connectivity index (χ2n) is 11.7. The molecule has 3 saturated carbocycles. The highest BCUT2D eigenvalue weighted by Crippen LogP contribution is 2.51. The molecule has 0 aromatic carbocycles. The summed E-state index contributed by atoms with van der Waals surface area (Å²) in [7, 11) is 0. The Labute approximate surface area is 172 Å². The van der Waals surface area contributed by atoms with E-state index in [0.29, 0.717) is 0 Å². The van der Waals surface area contributed by atoms with Gasteiger partial charge in [0.15, 0.2) is 0 Å². The van der Waals surface area contributed by atoms with Crippen LogP contribution in [-0.2, 0) is 0 Å². The predicted octanol–water partition coefficient (Wildman–Crippen LogP) is 8.85. The minimum atomic E-state index is 0.910. The monoisotopic (exact) mass is 376 g/mol. The van der Waals surface area contributed by atoms with Crippen molar-refractivity contribution in [2.45, 2.75) is 113 Å². The lowest BCUT2D eigenvalue weighted by Gasteiger charge is -2.42. The van der Waals surface area contributed by atoms with Crippen LogP contribution in [0.4, 0.5) is 0 Å². The Morgan fingerprint density at radius 1 is 0.630 bits per heavy atom. The smallest absolute Gasteiger partial charge is 0.0355 e. The lowest BCUT2D eigenvalue weighted by molar-refractivity contribution is 0.0738. The van der Waals surface area contributed by atoms with Gasteiger partial charge in [0, 0.05) is 0 Å². The molecule has 0 N–H and O–H groups in total. The zero-order valence-corrected chi connectivity index (χ0v) is 20.1. The summed E-state index contributed by atoms with van der Waals surface area (Å²) in [6.45, 7) is 19.3. The summed E-state index contributed by atoms with van der Waals surface area (Å²) < 4.78 is 0. The maximum atomic E-state index is 2.45. The van der Waals surface area contributed by atoms with Gasteiger partial charge in [-0.15, -0.1) is 0 Å². The SMILES string of the molecule is CC(C)C1CC2CCCC2C(C(C)C)C1.CCC(C)C1CCC(C(C)C)C1.